The zero-order chi connectivity index (χ0) is 39.9. The normalized spacial score (nSPS) is 21.9. The second-order valence-corrected chi connectivity index (χ2v) is 14.8. The number of rotatable bonds is 9. The number of hydrogen-bond acceptors (Lipinski definition) is 12. The SMILES string of the molecule is COc1cc(C(=O)NN2CCN(C3CCN(c4ccc(C5CCC(=O)NC5=O)cc4F)C3)CC2)ccc1Nc1ncc2c(n1)N(C(C)C)CC(F)(F)C(=O)N2C. The van der Waals surface area contributed by atoms with Crippen LogP contribution in [-0.4, -0.2) is 121 Å². The molecule has 0 radical (unpaired) electrons. The Morgan fingerprint density at radius 2 is 1.79 bits per heavy atom. The smallest absolute Gasteiger partial charge is 0.342 e. The van der Waals surface area contributed by atoms with Crippen LogP contribution in [0.25, 0.3) is 0 Å². The van der Waals surface area contributed by atoms with Gasteiger partial charge < -0.3 is 24.8 Å². The van der Waals surface area contributed by atoms with E-state index >= 15 is 4.39 Å². The number of hydrazine groups is 1. The summed E-state index contributed by atoms with van der Waals surface area (Å²) in [6.07, 6.45) is 2.78. The summed E-state index contributed by atoms with van der Waals surface area (Å²) in [5.41, 5.74) is 4.98. The lowest BCUT2D eigenvalue weighted by atomic mass is 9.90. The zero-order valence-electron chi connectivity index (χ0n) is 31.7. The average Bonchev–Trinajstić information content (AvgIpc) is 3.64. The molecule has 4 aliphatic heterocycles. The topological polar surface area (TPSA) is 156 Å². The molecule has 56 heavy (non-hydrogen) atoms. The fourth-order valence-electron chi connectivity index (χ4n) is 7.74. The molecule has 4 amide bonds. The van der Waals surface area contributed by atoms with Crippen molar-refractivity contribution in [2.45, 2.75) is 57.0 Å². The molecular formula is C38H45F3N10O5. The van der Waals surface area contributed by atoms with E-state index in [1.54, 1.807) is 44.2 Å². The van der Waals surface area contributed by atoms with Gasteiger partial charge in [0, 0.05) is 70.4 Å². The first-order chi connectivity index (χ1) is 26.7. The quantitative estimate of drug-likeness (QED) is 0.273. The monoisotopic (exact) mass is 778 g/mol. The second kappa shape index (κ2) is 15.6. The summed E-state index contributed by atoms with van der Waals surface area (Å²) in [5, 5.41) is 7.25. The number of nitrogens with zero attached hydrogens (tertiary/aromatic N) is 7. The van der Waals surface area contributed by atoms with Gasteiger partial charge in [-0.3, -0.25) is 34.8 Å². The van der Waals surface area contributed by atoms with Crippen LogP contribution in [-0.2, 0) is 14.4 Å². The van der Waals surface area contributed by atoms with Crippen LogP contribution >= 0.6 is 0 Å². The predicted octanol–water partition coefficient (Wildman–Crippen LogP) is 3.26. The van der Waals surface area contributed by atoms with E-state index in [0.29, 0.717) is 73.9 Å². The number of aromatic nitrogens is 2. The van der Waals surface area contributed by atoms with E-state index in [1.807, 2.05) is 9.91 Å². The van der Waals surface area contributed by atoms with Crippen LogP contribution in [0.3, 0.4) is 0 Å². The fraction of sp³-hybridized carbons (Fsp3) is 0.474. The molecule has 7 rings (SSSR count). The van der Waals surface area contributed by atoms with E-state index in [4.69, 9.17) is 4.74 Å². The summed E-state index contributed by atoms with van der Waals surface area (Å²) in [7, 11) is 2.72. The number of carbonyl (C=O) groups is 4. The van der Waals surface area contributed by atoms with E-state index in [2.05, 4.69) is 30.9 Å². The van der Waals surface area contributed by atoms with E-state index in [9.17, 15) is 28.0 Å². The van der Waals surface area contributed by atoms with E-state index in [-0.39, 0.29) is 53.6 Å². The minimum atomic E-state index is -3.61. The third-order valence-corrected chi connectivity index (χ3v) is 10.9. The maximum Gasteiger partial charge on any atom is 0.342 e. The number of alkyl halides is 2. The Morgan fingerprint density at radius 1 is 1.02 bits per heavy atom. The Hall–Kier alpha value is -5.49. The van der Waals surface area contributed by atoms with E-state index < -0.39 is 30.2 Å². The van der Waals surface area contributed by atoms with Crippen LogP contribution in [0, 0.1) is 5.82 Å². The van der Waals surface area contributed by atoms with Gasteiger partial charge in [0.25, 0.3) is 11.8 Å². The molecule has 0 aliphatic carbocycles. The van der Waals surface area contributed by atoms with Gasteiger partial charge in [-0.1, -0.05) is 6.07 Å². The number of halogens is 3. The van der Waals surface area contributed by atoms with Gasteiger partial charge in [0.1, 0.15) is 17.3 Å². The molecule has 2 aromatic carbocycles. The third-order valence-electron chi connectivity index (χ3n) is 10.9. The lowest BCUT2D eigenvalue weighted by Crippen LogP contribution is -2.56. The molecule has 18 heteroatoms. The molecule has 0 spiro atoms. The molecule has 3 N–H and O–H groups in total. The lowest BCUT2D eigenvalue weighted by molar-refractivity contribution is -0.140. The maximum atomic E-state index is 15.3. The van der Waals surface area contributed by atoms with Gasteiger partial charge in [0.2, 0.25) is 17.8 Å². The Kier molecular flexibility index (Phi) is 10.8. The summed E-state index contributed by atoms with van der Waals surface area (Å²) in [4.78, 5) is 65.0. The number of ether oxygens (including phenoxy) is 1. The first-order valence-corrected chi connectivity index (χ1v) is 18.6. The fourth-order valence-corrected chi connectivity index (χ4v) is 7.74. The van der Waals surface area contributed by atoms with Crippen LogP contribution in [0.5, 0.6) is 5.75 Å². The van der Waals surface area contributed by atoms with Crippen LogP contribution in [0.2, 0.25) is 0 Å². The molecule has 3 saturated heterocycles. The maximum absolute atomic E-state index is 15.3. The van der Waals surface area contributed by atoms with Gasteiger partial charge in [-0.2, -0.15) is 13.8 Å². The van der Waals surface area contributed by atoms with Gasteiger partial charge in [-0.15, -0.1) is 0 Å². The van der Waals surface area contributed by atoms with Crippen molar-refractivity contribution in [1.29, 1.82) is 0 Å². The molecule has 3 fully saturated rings. The lowest BCUT2D eigenvalue weighted by Gasteiger charge is -2.38. The number of anilines is 5. The number of benzene rings is 2. The molecule has 1 aromatic heterocycles. The summed E-state index contributed by atoms with van der Waals surface area (Å²) in [5.74, 6) is -6.30. The number of carbonyl (C=O) groups excluding carboxylic acids is 4. The number of methoxy groups -OCH3 is 1. The molecular weight excluding hydrogens is 733 g/mol. The van der Waals surface area contributed by atoms with E-state index in [1.165, 1.54) is 31.3 Å². The highest BCUT2D eigenvalue weighted by Gasteiger charge is 2.47. The summed E-state index contributed by atoms with van der Waals surface area (Å²) in [6, 6.07) is 9.57. The van der Waals surface area contributed by atoms with Crippen LogP contribution in [0.1, 0.15) is 54.9 Å². The molecule has 298 valence electrons. The minimum Gasteiger partial charge on any atom is -0.495 e. The van der Waals surface area contributed by atoms with Gasteiger partial charge in [-0.25, -0.2) is 14.4 Å². The third kappa shape index (κ3) is 7.80. The van der Waals surface area contributed by atoms with Crippen molar-refractivity contribution in [2.24, 2.45) is 0 Å². The number of fused-ring (bicyclic) bond motifs is 1. The van der Waals surface area contributed by atoms with Gasteiger partial charge in [0.15, 0.2) is 5.82 Å². The average molecular weight is 779 g/mol. The number of piperazine rings is 1. The zero-order valence-corrected chi connectivity index (χ0v) is 31.7. The molecule has 4 aliphatic rings. The minimum absolute atomic E-state index is 0.0899. The predicted molar refractivity (Wildman–Crippen MR) is 202 cm³/mol. The first kappa shape index (κ1) is 38.8. The van der Waals surface area contributed by atoms with Crippen LogP contribution < -0.4 is 35.5 Å². The van der Waals surface area contributed by atoms with Crippen molar-refractivity contribution in [3.05, 3.63) is 59.5 Å². The van der Waals surface area contributed by atoms with E-state index in [0.717, 1.165) is 11.3 Å². The highest BCUT2D eigenvalue weighted by Crippen LogP contribution is 2.38. The molecule has 0 bridgehead atoms. The van der Waals surface area contributed by atoms with Crippen LogP contribution in [0.4, 0.5) is 42.0 Å². The number of imide groups is 1. The standard InChI is InChI=1S/C38H45F3N10O5/c1-22(2)51-21-38(40,41)36(55)47(3)30-19-42-37(45-33(30)51)43-28-8-5-24(18-31(28)56-4)34(53)46-50-15-13-48(14-16-50)25-11-12-49(20-25)29-9-6-23(17-27(29)39)26-7-10-32(52)44-35(26)54/h5-6,8-9,17-19,22,25-26H,7,10-16,20-21H2,1-4H3,(H,46,53)(H,42,43,45)(H,44,52,54). The van der Waals surface area contributed by atoms with Crippen molar-refractivity contribution >= 4 is 52.5 Å². The number of hydrogen-bond donors (Lipinski definition) is 3. The van der Waals surface area contributed by atoms with Crippen molar-refractivity contribution in [3.63, 3.8) is 0 Å². The summed E-state index contributed by atoms with van der Waals surface area (Å²) < 4.78 is 50.3. The Morgan fingerprint density at radius 3 is 2.48 bits per heavy atom. The van der Waals surface area contributed by atoms with Crippen LogP contribution in [0.15, 0.2) is 42.6 Å². The highest BCUT2D eigenvalue weighted by molar-refractivity contribution is 6.02. The molecule has 2 unspecified atom stereocenters. The van der Waals surface area contributed by atoms with Crippen molar-refractivity contribution in [1.82, 2.24) is 30.6 Å². The van der Waals surface area contributed by atoms with Crippen molar-refractivity contribution in [2.75, 3.05) is 80.0 Å². The summed E-state index contributed by atoms with van der Waals surface area (Å²) >= 11 is 0. The van der Waals surface area contributed by atoms with Gasteiger partial charge in [-0.05, 0) is 62.6 Å². The molecule has 2 atom stereocenters. The molecule has 0 saturated carbocycles. The van der Waals surface area contributed by atoms with Gasteiger partial charge in [0.05, 0.1) is 37.1 Å². The Labute approximate surface area is 322 Å². The molecule has 15 nitrogen and oxygen atoms in total. The molecule has 3 aromatic rings. The second-order valence-electron chi connectivity index (χ2n) is 14.8. The number of amides is 4. The Balaban J connectivity index is 0.935. The molecule has 5 heterocycles. The van der Waals surface area contributed by atoms with Crippen molar-refractivity contribution in [3.8, 4) is 5.75 Å². The number of nitrogens with one attached hydrogen (secondary N) is 3. The van der Waals surface area contributed by atoms with Gasteiger partial charge >= 0.3 is 5.92 Å². The largest absolute Gasteiger partial charge is 0.495 e. The number of piperidine rings is 1. The first-order valence-electron chi connectivity index (χ1n) is 18.6. The Bertz CT molecular complexity index is 2030. The summed E-state index contributed by atoms with van der Waals surface area (Å²) in [6.45, 7) is 6.58. The van der Waals surface area contributed by atoms with Crippen molar-refractivity contribution < 1.29 is 37.1 Å². The highest BCUT2D eigenvalue weighted by atomic mass is 19.3.